The van der Waals surface area contributed by atoms with E-state index < -0.39 is 0 Å². The van der Waals surface area contributed by atoms with Crippen molar-refractivity contribution in [2.45, 2.75) is 39.8 Å². The summed E-state index contributed by atoms with van der Waals surface area (Å²) < 4.78 is 0. The third-order valence-electron chi connectivity index (χ3n) is 3.24. The summed E-state index contributed by atoms with van der Waals surface area (Å²) in [5.74, 6) is 0. The summed E-state index contributed by atoms with van der Waals surface area (Å²) in [5, 5.41) is 3.44. The number of benzene rings is 1. The van der Waals surface area contributed by atoms with Crippen molar-refractivity contribution in [2.24, 2.45) is 0 Å². The van der Waals surface area contributed by atoms with Gasteiger partial charge in [0.2, 0.25) is 0 Å². The van der Waals surface area contributed by atoms with Crippen LogP contribution in [0.25, 0.3) is 0 Å². The molecule has 0 aromatic heterocycles. The lowest BCUT2D eigenvalue weighted by Crippen LogP contribution is -2.39. The Balaban J connectivity index is 2.54. The van der Waals surface area contributed by atoms with Crippen LogP contribution in [0.2, 0.25) is 0 Å². The van der Waals surface area contributed by atoms with Gasteiger partial charge >= 0.3 is 0 Å². The van der Waals surface area contributed by atoms with Gasteiger partial charge in [-0.1, -0.05) is 43.7 Å². The summed E-state index contributed by atoms with van der Waals surface area (Å²) in [7, 11) is 2.22. The van der Waals surface area contributed by atoms with Crippen molar-refractivity contribution in [3.63, 3.8) is 0 Å². The maximum absolute atomic E-state index is 3.44. The van der Waals surface area contributed by atoms with Crippen LogP contribution < -0.4 is 5.32 Å². The number of hydrogen-bond acceptors (Lipinski definition) is 2. The van der Waals surface area contributed by atoms with Crippen LogP contribution in [0.4, 0.5) is 0 Å². The average Bonchev–Trinajstić information content (AvgIpc) is 2.30. The molecule has 1 rings (SSSR count). The molecule has 1 atom stereocenters. The van der Waals surface area contributed by atoms with Crippen LogP contribution in [0, 0.1) is 6.92 Å². The third kappa shape index (κ3) is 4.88. The second kappa shape index (κ2) is 7.46. The quantitative estimate of drug-likeness (QED) is 0.780. The lowest BCUT2D eigenvalue weighted by atomic mass is 10.1. The normalized spacial score (nSPS) is 13.0. The van der Waals surface area contributed by atoms with Gasteiger partial charge in [0, 0.05) is 19.1 Å². The highest BCUT2D eigenvalue weighted by Gasteiger charge is 2.12. The van der Waals surface area contributed by atoms with E-state index >= 15 is 0 Å². The van der Waals surface area contributed by atoms with E-state index in [1.165, 1.54) is 17.5 Å². The van der Waals surface area contributed by atoms with Gasteiger partial charge < -0.3 is 5.32 Å². The SMILES string of the molecule is CCNCC(CC)N(C)Cc1cccc(C)c1. The van der Waals surface area contributed by atoms with Crippen LogP contribution in [0.3, 0.4) is 0 Å². The highest BCUT2D eigenvalue weighted by atomic mass is 15.1. The highest BCUT2D eigenvalue weighted by molar-refractivity contribution is 5.22. The first kappa shape index (κ1) is 14.2. The molecule has 0 aliphatic rings. The Morgan fingerprint density at radius 3 is 2.65 bits per heavy atom. The molecule has 0 bridgehead atoms. The topological polar surface area (TPSA) is 15.3 Å². The molecule has 0 aliphatic carbocycles. The largest absolute Gasteiger partial charge is 0.315 e. The van der Waals surface area contributed by atoms with Gasteiger partial charge in [-0.15, -0.1) is 0 Å². The summed E-state index contributed by atoms with van der Waals surface area (Å²) in [5.41, 5.74) is 2.75. The fourth-order valence-electron chi connectivity index (χ4n) is 2.15. The van der Waals surface area contributed by atoms with E-state index in [1.54, 1.807) is 0 Å². The Kier molecular flexibility index (Phi) is 6.23. The lowest BCUT2D eigenvalue weighted by Gasteiger charge is -2.27. The molecule has 2 heteroatoms. The van der Waals surface area contributed by atoms with Crippen molar-refractivity contribution >= 4 is 0 Å². The smallest absolute Gasteiger partial charge is 0.0234 e. The Labute approximate surface area is 106 Å². The van der Waals surface area contributed by atoms with Crippen LogP contribution in [0.1, 0.15) is 31.4 Å². The summed E-state index contributed by atoms with van der Waals surface area (Å²) in [4.78, 5) is 2.44. The molecule has 1 unspecified atom stereocenters. The van der Waals surface area contributed by atoms with Gasteiger partial charge in [-0.25, -0.2) is 0 Å². The minimum Gasteiger partial charge on any atom is -0.315 e. The molecule has 0 saturated carbocycles. The first-order valence-corrected chi connectivity index (χ1v) is 6.63. The van der Waals surface area contributed by atoms with Crippen LogP contribution >= 0.6 is 0 Å². The Morgan fingerprint density at radius 1 is 1.29 bits per heavy atom. The maximum Gasteiger partial charge on any atom is 0.0234 e. The van der Waals surface area contributed by atoms with E-state index in [4.69, 9.17) is 0 Å². The second-order valence-electron chi connectivity index (χ2n) is 4.77. The van der Waals surface area contributed by atoms with Crippen LogP contribution in [0.15, 0.2) is 24.3 Å². The fraction of sp³-hybridized carbons (Fsp3) is 0.600. The first-order valence-electron chi connectivity index (χ1n) is 6.63. The molecule has 0 aliphatic heterocycles. The van der Waals surface area contributed by atoms with Crippen molar-refractivity contribution in [1.29, 1.82) is 0 Å². The van der Waals surface area contributed by atoms with Crippen LogP contribution in [0.5, 0.6) is 0 Å². The van der Waals surface area contributed by atoms with E-state index in [1.807, 2.05) is 0 Å². The number of likely N-dealkylation sites (N-methyl/N-ethyl adjacent to an activating group) is 2. The average molecular weight is 234 g/mol. The zero-order valence-corrected chi connectivity index (χ0v) is 11.7. The summed E-state index contributed by atoms with van der Waals surface area (Å²) >= 11 is 0. The summed E-state index contributed by atoms with van der Waals surface area (Å²) in [6.45, 7) is 9.73. The van der Waals surface area contributed by atoms with Crippen molar-refractivity contribution in [2.75, 3.05) is 20.1 Å². The number of hydrogen-bond donors (Lipinski definition) is 1. The molecule has 0 spiro atoms. The molecule has 0 radical (unpaired) electrons. The molecule has 17 heavy (non-hydrogen) atoms. The molecule has 0 amide bonds. The molecule has 0 saturated heterocycles. The molecule has 0 heterocycles. The Bertz CT molecular complexity index is 322. The van der Waals surface area contributed by atoms with E-state index in [0.717, 1.165) is 19.6 Å². The summed E-state index contributed by atoms with van der Waals surface area (Å²) in [6.07, 6.45) is 1.19. The monoisotopic (exact) mass is 234 g/mol. The molecule has 1 aromatic rings. The predicted molar refractivity (Wildman–Crippen MR) is 75.3 cm³/mol. The van der Waals surface area contributed by atoms with Gasteiger partial charge in [-0.05, 0) is 32.5 Å². The predicted octanol–water partition coefficient (Wildman–Crippen LogP) is 2.81. The fourth-order valence-corrected chi connectivity index (χ4v) is 2.15. The highest BCUT2D eigenvalue weighted by Crippen LogP contribution is 2.10. The maximum atomic E-state index is 3.44. The Morgan fingerprint density at radius 2 is 2.06 bits per heavy atom. The van der Waals surface area contributed by atoms with E-state index in [9.17, 15) is 0 Å². The van der Waals surface area contributed by atoms with Gasteiger partial charge in [0.05, 0.1) is 0 Å². The van der Waals surface area contributed by atoms with Gasteiger partial charge in [0.15, 0.2) is 0 Å². The minimum absolute atomic E-state index is 0.621. The van der Waals surface area contributed by atoms with Gasteiger partial charge in [0.1, 0.15) is 0 Å². The molecule has 2 nitrogen and oxygen atoms in total. The number of nitrogens with one attached hydrogen (secondary N) is 1. The molecule has 96 valence electrons. The van der Waals surface area contributed by atoms with Gasteiger partial charge in [-0.2, -0.15) is 0 Å². The molecular formula is C15H26N2. The summed E-state index contributed by atoms with van der Waals surface area (Å²) in [6, 6.07) is 9.40. The van der Waals surface area contributed by atoms with E-state index in [-0.39, 0.29) is 0 Å². The van der Waals surface area contributed by atoms with Crippen LogP contribution in [-0.4, -0.2) is 31.1 Å². The third-order valence-corrected chi connectivity index (χ3v) is 3.24. The minimum atomic E-state index is 0.621. The lowest BCUT2D eigenvalue weighted by molar-refractivity contribution is 0.222. The molecule has 1 N–H and O–H groups in total. The number of nitrogens with zero attached hydrogens (tertiary/aromatic N) is 1. The molecular weight excluding hydrogens is 208 g/mol. The standard InChI is InChI=1S/C15H26N2/c1-5-15(11-16-6-2)17(4)12-14-9-7-8-13(3)10-14/h7-10,15-16H,5-6,11-12H2,1-4H3. The van der Waals surface area contributed by atoms with Crippen molar-refractivity contribution in [3.05, 3.63) is 35.4 Å². The van der Waals surface area contributed by atoms with E-state index in [2.05, 4.69) is 62.3 Å². The van der Waals surface area contributed by atoms with Gasteiger partial charge in [0.25, 0.3) is 0 Å². The number of rotatable bonds is 7. The first-order chi connectivity index (χ1) is 8.17. The van der Waals surface area contributed by atoms with Crippen LogP contribution in [-0.2, 0) is 6.54 Å². The van der Waals surface area contributed by atoms with E-state index in [0.29, 0.717) is 6.04 Å². The number of aryl methyl sites for hydroxylation is 1. The van der Waals surface area contributed by atoms with Crippen molar-refractivity contribution in [1.82, 2.24) is 10.2 Å². The van der Waals surface area contributed by atoms with Crippen molar-refractivity contribution < 1.29 is 0 Å². The zero-order valence-electron chi connectivity index (χ0n) is 11.7. The molecule has 0 fully saturated rings. The Hall–Kier alpha value is -0.860. The zero-order chi connectivity index (χ0) is 12.7. The van der Waals surface area contributed by atoms with Crippen molar-refractivity contribution in [3.8, 4) is 0 Å². The van der Waals surface area contributed by atoms with Gasteiger partial charge in [-0.3, -0.25) is 4.90 Å². The second-order valence-corrected chi connectivity index (χ2v) is 4.77. The molecule has 1 aromatic carbocycles.